The van der Waals surface area contributed by atoms with Crippen LogP contribution in [0.1, 0.15) is 18.1 Å². The maximum atomic E-state index is 11.1. The van der Waals surface area contributed by atoms with Crippen molar-refractivity contribution in [1.29, 1.82) is 0 Å². The molecule has 1 aromatic carbocycles. The molecule has 14 heavy (non-hydrogen) atoms. The van der Waals surface area contributed by atoms with E-state index in [1.54, 1.807) is 0 Å². The molecule has 0 radical (unpaired) electrons. The van der Waals surface area contributed by atoms with Crippen LogP contribution in [0.2, 0.25) is 0 Å². The molecule has 0 fully saturated rings. The summed E-state index contributed by atoms with van der Waals surface area (Å²) in [5.41, 5.74) is 2.19. The molecule has 0 aliphatic carbocycles. The van der Waals surface area contributed by atoms with Gasteiger partial charge in [-0.15, -0.1) is 24.2 Å². The second-order valence-corrected chi connectivity index (χ2v) is 3.91. The third kappa shape index (κ3) is 3.03. The number of benzene rings is 1. The monoisotopic (exact) mass is 228 g/mol. The van der Waals surface area contributed by atoms with Crippen molar-refractivity contribution in [3.63, 3.8) is 0 Å². The lowest BCUT2D eigenvalue weighted by atomic mass is 10.1. The predicted molar refractivity (Wildman–Crippen MR) is 62.5 cm³/mol. The summed E-state index contributed by atoms with van der Waals surface area (Å²) in [6.07, 6.45) is 1.36. The third-order valence-corrected chi connectivity index (χ3v) is 2.80. The van der Waals surface area contributed by atoms with Crippen molar-refractivity contribution in [2.24, 2.45) is 0 Å². The number of carbonyl (C=O) groups excluding carboxylic acids is 1. The molecule has 0 bridgehead atoms. The Hall–Kier alpha value is -0.470. The Balaban J connectivity index is 2.81. The number of hydrogen-bond acceptors (Lipinski definition) is 2. The van der Waals surface area contributed by atoms with Gasteiger partial charge < -0.3 is 0 Å². The summed E-state index contributed by atoms with van der Waals surface area (Å²) in [7, 11) is 0. The molecular weight excluding hydrogens is 216 g/mol. The Morgan fingerprint density at radius 1 is 1.50 bits per heavy atom. The number of hydrogen-bond donors (Lipinski definition) is 1. The topological polar surface area (TPSA) is 17.1 Å². The number of Topliss-reactive ketones (excluding diaryl/α,β-unsaturated/α-hetero) is 1. The van der Waals surface area contributed by atoms with Crippen LogP contribution in [-0.2, 0) is 17.6 Å². The first kappa shape index (κ1) is 11.6. The maximum absolute atomic E-state index is 11.1. The van der Waals surface area contributed by atoms with Crippen LogP contribution in [0.4, 0.5) is 0 Å². The predicted octanol–water partition coefficient (Wildman–Crippen LogP) is 2.89. The van der Waals surface area contributed by atoms with Crippen molar-refractivity contribution in [3.05, 3.63) is 29.3 Å². The van der Waals surface area contributed by atoms with Crippen molar-refractivity contribution < 1.29 is 4.79 Å². The third-order valence-electron chi connectivity index (χ3n) is 2.08. The van der Waals surface area contributed by atoms with Gasteiger partial charge >= 0.3 is 0 Å². The van der Waals surface area contributed by atoms with Crippen LogP contribution in [-0.4, -0.2) is 11.7 Å². The van der Waals surface area contributed by atoms with Crippen LogP contribution < -0.4 is 0 Å². The van der Waals surface area contributed by atoms with E-state index in [9.17, 15) is 4.79 Å². The zero-order valence-corrected chi connectivity index (χ0v) is 9.74. The molecule has 0 atom stereocenters. The SMILES string of the molecule is CCc1ccc(CC(=O)CCl)cc1S. The summed E-state index contributed by atoms with van der Waals surface area (Å²) in [5, 5.41) is 0. The highest BCUT2D eigenvalue weighted by Crippen LogP contribution is 2.17. The molecule has 0 aromatic heterocycles. The van der Waals surface area contributed by atoms with Gasteiger partial charge in [-0.1, -0.05) is 19.1 Å². The highest BCUT2D eigenvalue weighted by molar-refractivity contribution is 7.80. The Kier molecular flexibility index (Phi) is 4.49. The van der Waals surface area contributed by atoms with Crippen molar-refractivity contribution in [2.45, 2.75) is 24.7 Å². The number of thiol groups is 1. The first-order chi connectivity index (χ1) is 6.67. The summed E-state index contributed by atoms with van der Waals surface area (Å²) in [6.45, 7) is 2.08. The second kappa shape index (κ2) is 5.42. The number of ketones is 1. The molecule has 0 saturated carbocycles. The minimum absolute atomic E-state index is 0.0450. The molecule has 3 heteroatoms. The number of aryl methyl sites for hydroxylation is 1. The van der Waals surface area contributed by atoms with E-state index < -0.39 is 0 Å². The summed E-state index contributed by atoms with van der Waals surface area (Å²) in [6, 6.07) is 5.91. The van der Waals surface area contributed by atoms with Crippen LogP contribution in [0, 0.1) is 0 Å². The largest absolute Gasteiger partial charge is 0.298 e. The van der Waals surface area contributed by atoms with E-state index in [1.807, 2.05) is 18.2 Å². The van der Waals surface area contributed by atoms with Crippen molar-refractivity contribution in [2.75, 3.05) is 5.88 Å². The lowest BCUT2D eigenvalue weighted by Crippen LogP contribution is -2.03. The van der Waals surface area contributed by atoms with E-state index in [-0.39, 0.29) is 11.7 Å². The van der Waals surface area contributed by atoms with Crippen molar-refractivity contribution in [3.8, 4) is 0 Å². The summed E-state index contributed by atoms with van der Waals surface area (Å²) in [4.78, 5) is 12.0. The molecule has 0 unspecified atom stereocenters. The van der Waals surface area contributed by atoms with Gasteiger partial charge in [0.2, 0.25) is 0 Å². The van der Waals surface area contributed by atoms with Gasteiger partial charge in [0.15, 0.2) is 5.78 Å². The molecule has 0 aliphatic rings. The van der Waals surface area contributed by atoms with Gasteiger partial charge in [0, 0.05) is 11.3 Å². The molecule has 0 spiro atoms. The van der Waals surface area contributed by atoms with Gasteiger partial charge in [0.05, 0.1) is 5.88 Å². The number of halogens is 1. The normalized spacial score (nSPS) is 10.2. The van der Waals surface area contributed by atoms with E-state index in [2.05, 4.69) is 19.6 Å². The van der Waals surface area contributed by atoms with E-state index in [0.29, 0.717) is 6.42 Å². The number of carbonyl (C=O) groups is 1. The second-order valence-electron chi connectivity index (χ2n) is 3.17. The molecule has 0 amide bonds. The van der Waals surface area contributed by atoms with Gasteiger partial charge in [-0.3, -0.25) is 4.79 Å². The van der Waals surface area contributed by atoms with E-state index in [1.165, 1.54) is 5.56 Å². The van der Waals surface area contributed by atoms with Crippen LogP contribution >= 0.6 is 24.2 Å². The first-order valence-corrected chi connectivity index (χ1v) is 5.54. The van der Waals surface area contributed by atoms with Gasteiger partial charge in [-0.25, -0.2) is 0 Å². The Labute approximate surface area is 94.9 Å². The molecular formula is C11H13ClOS. The molecule has 1 aromatic rings. The van der Waals surface area contributed by atoms with E-state index in [0.717, 1.165) is 16.9 Å². The van der Waals surface area contributed by atoms with Crippen molar-refractivity contribution >= 4 is 30.0 Å². The average Bonchev–Trinajstić information content (AvgIpc) is 2.18. The lowest BCUT2D eigenvalue weighted by molar-refractivity contribution is -0.116. The zero-order valence-electron chi connectivity index (χ0n) is 8.09. The summed E-state index contributed by atoms with van der Waals surface area (Å²) < 4.78 is 0. The molecule has 0 N–H and O–H groups in total. The summed E-state index contributed by atoms with van der Waals surface area (Å²) in [5.74, 6) is 0.126. The summed E-state index contributed by atoms with van der Waals surface area (Å²) >= 11 is 9.79. The van der Waals surface area contributed by atoms with E-state index >= 15 is 0 Å². The van der Waals surface area contributed by atoms with Gasteiger partial charge in [-0.2, -0.15) is 0 Å². The first-order valence-electron chi connectivity index (χ1n) is 4.55. The zero-order chi connectivity index (χ0) is 10.6. The molecule has 1 rings (SSSR count). The highest BCUT2D eigenvalue weighted by Gasteiger charge is 2.03. The fourth-order valence-corrected chi connectivity index (χ4v) is 1.79. The Morgan fingerprint density at radius 2 is 2.21 bits per heavy atom. The van der Waals surface area contributed by atoms with Crippen molar-refractivity contribution in [1.82, 2.24) is 0 Å². The Morgan fingerprint density at radius 3 is 2.71 bits per heavy atom. The quantitative estimate of drug-likeness (QED) is 0.620. The minimum Gasteiger partial charge on any atom is -0.298 e. The van der Waals surface area contributed by atoms with E-state index in [4.69, 9.17) is 11.6 Å². The molecule has 76 valence electrons. The fraction of sp³-hybridized carbons (Fsp3) is 0.364. The van der Waals surface area contributed by atoms with Crippen LogP contribution in [0.15, 0.2) is 23.1 Å². The minimum atomic E-state index is 0.0450. The standard InChI is InChI=1S/C11H13ClOS/c1-2-9-4-3-8(6-11(9)14)5-10(13)7-12/h3-4,6,14H,2,5,7H2,1H3. The number of rotatable bonds is 4. The Bertz CT molecular complexity index is 336. The molecule has 1 nitrogen and oxygen atoms in total. The van der Waals surface area contributed by atoms with Gasteiger partial charge in [-0.05, 0) is 23.6 Å². The smallest absolute Gasteiger partial charge is 0.151 e. The molecule has 0 heterocycles. The lowest BCUT2D eigenvalue weighted by Gasteiger charge is -2.04. The van der Waals surface area contributed by atoms with Gasteiger partial charge in [0.25, 0.3) is 0 Å². The molecule has 0 aliphatic heterocycles. The van der Waals surface area contributed by atoms with Crippen LogP contribution in [0.3, 0.4) is 0 Å². The van der Waals surface area contributed by atoms with Crippen LogP contribution in [0.5, 0.6) is 0 Å². The molecule has 0 saturated heterocycles. The maximum Gasteiger partial charge on any atom is 0.151 e. The highest BCUT2D eigenvalue weighted by atomic mass is 35.5. The number of alkyl halides is 1. The van der Waals surface area contributed by atoms with Crippen LogP contribution in [0.25, 0.3) is 0 Å². The van der Waals surface area contributed by atoms with Gasteiger partial charge in [0.1, 0.15) is 0 Å². The average molecular weight is 229 g/mol. The fourth-order valence-electron chi connectivity index (χ4n) is 1.29.